The maximum Gasteiger partial charge on any atom is 0.296 e. The number of ketones is 1. The lowest BCUT2D eigenvalue weighted by atomic mass is 9.97. The van der Waals surface area contributed by atoms with Crippen molar-refractivity contribution in [2.24, 2.45) is 0 Å². The molecule has 164 valence electrons. The molecular weight excluding hydrogens is 406 g/mol. The Morgan fingerprint density at radius 1 is 1.03 bits per heavy atom. The van der Waals surface area contributed by atoms with Gasteiger partial charge in [-0.15, -0.1) is 0 Å². The number of aliphatic hydroxyl groups excluding tert-OH is 1. The van der Waals surface area contributed by atoms with E-state index in [1.54, 1.807) is 32.2 Å². The van der Waals surface area contributed by atoms with Crippen LogP contribution in [-0.4, -0.2) is 28.8 Å². The molecule has 6 nitrogen and oxygen atoms in total. The fourth-order valence-electron chi connectivity index (χ4n) is 3.95. The van der Waals surface area contributed by atoms with E-state index in [1.165, 1.54) is 4.90 Å². The largest absolute Gasteiger partial charge is 0.507 e. The molecule has 1 fully saturated rings. The van der Waals surface area contributed by atoms with Crippen molar-refractivity contribution < 1.29 is 23.8 Å². The molecule has 0 saturated carbocycles. The van der Waals surface area contributed by atoms with E-state index in [4.69, 9.17) is 9.15 Å². The van der Waals surface area contributed by atoms with Crippen LogP contribution in [-0.2, 0) is 16.1 Å². The van der Waals surface area contributed by atoms with E-state index in [2.05, 4.69) is 0 Å². The minimum Gasteiger partial charge on any atom is -0.507 e. The second kappa shape index (κ2) is 8.38. The summed E-state index contributed by atoms with van der Waals surface area (Å²) in [5.74, 6) is 0.103. The Hall–Kier alpha value is -3.80. The summed E-state index contributed by atoms with van der Waals surface area (Å²) in [6.45, 7) is 5.86. The van der Waals surface area contributed by atoms with Crippen LogP contribution in [0.2, 0.25) is 0 Å². The summed E-state index contributed by atoms with van der Waals surface area (Å²) in [4.78, 5) is 27.6. The number of benzene rings is 2. The number of hydrogen-bond acceptors (Lipinski definition) is 5. The second-order valence-electron chi connectivity index (χ2n) is 8.03. The van der Waals surface area contributed by atoms with Crippen molar-refractivity contribution in [3.63, 3.8) is 0 Å². The first-order chi connectivity index (χ1) is 15.3. The minimum atomic E-state index is -0.837. The average molecular weight is 431 g/mol. The van der Waals surface area contributed by atoms with Crippen LogP contribution in [0.5, 0.6) is 5.75 Å². The first-order valence-electron chi connectivity index (χ1n) is 10.4. The van der Waals surface area contributed by atoms with E-state index in [9.17, 15) is 14.7 Å². The molecule has 1 amide bonds. The summed E-state index contributed by atoms with van der Waals surface area (Å²) >= 11 is 0. The van der Waals surface area contributed by atoms with Crippen LogP contribution in [0.25, 0.3) is 5.76 Å². The second-order valence-corrected chi connectivity index (χ2v) is 8.03. The Morgan fingerprint density at radius 3 is 2.47 bits per heavy atom. The molecule has 2 heterocycles. The van der Waals surface area contributed by atoms with E-state index >= 15 is 0 Å². The topological polar surface area (TPSA) is 80.0 Å². The van der Waals surface area contributed by atoms with Gasteiger partial charge in [0.05, 0.1) is 12.7 Å². The molecule has 0 aliphatic carbocycles. The average Bonchev–Trinajstić information content (AvgIpc) is 3.31. The zero-order chi connectivity index (χ0) is 23.0. The lowest BCUT2D eigenvalue weighted by Crippen LogP contribution is -2.29. The van der Waals surface area contributed by atoms with Crippen molar-refractivity contribution in [3.05, 3.63) is 93.9 Å². The first kappa shape index (κ1) is 21.4. The molecule has 6 heteroatoms. The van der Waals surface area contributed by atoms with E-state index < -0.39 is 17.7 Å². The number of aliphatic hydroxyl groups is 1. The van der Waals surface area contributed by atoms with Gasteiger partial charge in [0.2, 0.25) is 0 Å². The molecule has 1 N–H and O–H groups in total. The van der Waals surface area contributed by atoms with Gasteiger partial charge in [-0.25, -0.2) is 0 Å². The quantitative estimate of drug-likeness (QED) is 0.355. The summed E-state index contributed by atoms with van der Waals surface area (Å²) in [5, 5.41) is 11.1. The maximum absolute atomic E-state index is 13.1. The van der Waals surface area contributed by atoms with Crippen LogP contribution in [0.4, 0.5) is 0 Å². The van der Waals surface area contributed by atoms with Crippen molar-refractivity contribution >= 4 is 17.4 Å². The molecule has 32 heavy (non-hydrogen) atoms. The summed E-state index contributed by atoms with van der Waals surface area (Å²) in [6, 6.07) is 15.4. The van der Waals surface area contributed by atoms with Crippen LogP contribution in [0, 0.1) is 20.8 Å². The molecule has 1 aliphatic rings. The van der Waals surface area contributed by atoms with Crippen LogP contribution in [0.3, 0.4) is 0 Å². The standard InChI is InChI=1S/C26H25NO5/c1-15-8-10-19(12-16(15)2)24(28)22-23(21-11-9-17(3)32-21)27(26(30)25(22)29)14-18-6-5-7-20(13-18)31-4/h5-13,23,28H,14H2,1-4H3/b24-22-. The van der Waals surface area contributed by atoms with Gasteiger partial charge in [0, 0.05) is 12.1 Å². The first-order valence-corrected chi connectivity index (χ1v) is 10.4. The number of carbonyl (C=O) groups is 2. The lowest BCUT2D eigenvalue weighted by Gasteiger charge is -2.23. The van der Waals surface area contributed by atoms with E-state index in [0.29, 0.717) is 22.8 Å². The highest BCUT2D eigenvalue weighted by Gasteiger charge is 2.47. The molecule has 1 aromatic heterocycles. The van der Waals surface area contributed by atoms with Gasteiger partial charge in [-0.2, -0.15) is 0 Å². The minimum absolute atomic E-state index is 0.0236. The molecule has 1 saturated heterocycles. The predicted octanol–water partition coefficient (Wildman–Crippen LogP) is 4.84. The number of nitrogens with zero attached hydrogens (tertiary/aromatic N) is 1. The van der Waals surface area contributed by atoms with Crippen molar-refractivity contribution in [1.82, 2.24) is 4.90 Å². The number of furan rings is 1. The monoisotopic (exact) mass is 431 g/mol. The van der Waals surface area contributed by atoms with E-state index in [1.807, 2.05) is 50.2 Å². The number of carbonyl (C=O) groups excluding carboxylic acids is 2. The number of hydrogen-bond donors (Lipinski definition) is 1. The van der Waals surface area contributed by atoms with Gasteiger partial charge in [-0.05, 0) is 67.8 Å². The molecule has 0 radical (unpaired) electrons. The van der Waals surface area contributed by atoms with Gasteiger partial charge >= 0.3 is 0 Å². The van der Waals surface area contributed by atoms with Crippen molar-refractivity contribution in [3.8, 4) is 5.75 Å². The van der Waals surface area contributed by atoms with Gasteiger partial charge in [-0.3, -0.25) is 9.59 Å². The highest BCUT2D eigenvalue weighted by molar-refractivity contribution is 6.46. The molecular formula is C26H25NO5. The third kappa shape index (κ3) is 3.80. The van der Waals surface area contributed by atoms with Crippen molar-refractivity contribution in [2.75, 3.05) is 7.11 Å². The fraction of sp³-hybridized carbons (Fsp3) is 0.231. The Balaban J connectivity index is 1.84. The fourth-order valence-corrected chi connectivity index (χ4v) is 3.95. The van der Waals surface area contributed by atoms with Gasteiger partial charge in [0.1, 0.15) is 29.1 Å². The molecule has 4 rings (SSSR count). The molecule has 1 atom stereocenters. The number of ether oxygens (including phenoxy) is 1. The number of methoxy groups -OCH3 is 1. The Bertz CT molecular complexity index is 1240. The molecule has 0 bridgehead atoms. The van der Waals surface area contributed by atoms with Gasteiger partial charge in [-0.1, -0.05) is 24.3 Å². The molecule has 0 spiro atoms. The summed E-state index contributed by atoms with van der Waals surface area (Å²) in [5.41, 5.74) is 3.35. The normalized spacial score (nSPS) is 17.8. The van der Waals surface area contributed by atoms with Crippen LogP contribution in [0.1, 0.15) is 39.8 Å². The van der Waals surface area contributed by atoms with E-state index in [0.717, 1.165) is 16.7 Å². The number of Topliss-reactive ketones (excluding diaryl/α,β-unsaturated/α-hetero) is 1. The summed E-state index contributed by atoms with van der Waals surface area (Å²) in [7, 11) is 1.57. The molecule has 3 aromatic rings. The van der Waals surface area contributed by atoms with Gasteiger partial charge in [0.15, 0.2) is 0 Å². The van der Waals surface area contributed by atoms with E-state index in [-0.39, 0.29) is 17.9 Å². The van der Waals surface area contributed by atoms with Crippen molar-refractivity contribution in [2.45, 2.75) is 33.4 Å². The highest BCUT2D eigenvalue weighted by atomic mass is 16.5. The number of aryl methyl sites for hydroxylation is 3. The van der Waals surface area contributed by atoms with Gasteiger partial charge in [0.25, 0.3) is 11.7 Å². The lowest BCUT2D eigenvalue weighted by molar-refractivity contribution is -0.140. The third-order valence-corrected chi connectivity index (χ3v) is 5.84. The number of amides is 1. The van der Waals surface area contributed by atoms with Crippen LogP contribution < -0.4 is 4.74 Å². The third-order valence-electron chi connectivity index (χ3n) is 5.84. The number of rotatable bonds is 5. The Morgan fingerprint density at radius 2 is 1.81 bits per heavy atom. The Kier molecular flexibility index (Phi) is 5.61. The maximum atomic E-state index is 13.1. The molecule has 2 aromatic carbocycles. The van der Waals surface area contributed by atoms with Gasteiger partial charge < -0.3 is 19.2 Å². The van der Waals surface area contributed by atoms with Crippen LogP contribution in [0.15, 0.2) is 64.6 Å². The van der Waals surface area contributed by atoms with Crippen molar-refractivity contribution in [1.29, 1.82) is 0 Å². The zero-order valence-electron chi connectivity index (χ0n) is 18.5. The SMILES string of the molecule is COc1cccc(CN2C(=O)C(=O)/C(=C(\O)c3ccc(C)c(C)c3)C2c2ccc(C)o2)c1. The summed E-state index contributed by atoms with van der Waals surface area (Å²) < 4.78 is 11.1. The number of likely N-dealkylation sites (tertiary alicyclic amines) is 1. The summed E-state index contributed by atoms with van der Waals surface area (Å²) in [6.07, 6.45) is 0. The predicted molar refractivity (Wildman–Crippen MR) is 120 cm³/mol. The molecule has 1 aliphatic heterocycles. The molecule has 1 unspecified atom stereocenters. The Labute approximate surface area is 186 Å². The van der Waals surface area contributed by atoms with Crippen LogP contribution >= 0.6 is 0 Å². The highest BCUT2D eigenvalue weighted by Crippen LogP contribution is 2.41. The smallest absolute Gasteiger partial charge is 0.296 e. The zero-order valence-corrected chi connectivity index (χ0v) is 18.5.